The monoisotopic (exact) mass is 391 g/mol. The number of halogens is 3. The third-order valence-corrected chi connectivity index (χ3v) is 4.86. The molecule has 1 amide bonds. The maximum atomic E-state index is 13.1. The summed E-state index contributed by atoms with van der Waals surface area (Å²) in [7, 11) is 0. The SMILES string of the molecule is CC(Sc1nccn1-c1ccccc1)C(=O)Nc1ccccc1C(F)(F)F. The third-order valence-electron chi connectivity index (χ3n) is 3.78. The molecule has 0 fully saturated rings. The fourth-order valence-corrected chi connectivity index (χ4v) is 3.33. The van der Waals surface area contributed by atoms with Gasteiger partial charge in [0.2, 0.25) is 5.91 Å². The summed E-state index contributed by atoms with van der Waals surface area (Å²) in [6.07, 6.45) is -1.16. The zero-order valence-electron chi connectivity index (χ0n) is 14.3. The van der Waals surface area contributed by atoms with Crippen molar-refractivity contribution in [2.24, 2.45) is 0 Å². The Morgan fingerprint density at radius 3 is 2.48 bits per heavy atom. The quantitative estimate of drug-likeness (QED) is 0.622. The van der Waals surface area contributed by atoms with Gasteiger partial charge in [-0.1, -0.05) is 42.1 Å². The van der Waals surface area contributed by atoms with E-state index in [4.69, 9.17) is 0 Å². The fourth-order valence-electron chi connectivity index (χ4n) is 2.45. The van der Waals surface area contributed by atoms with E-state index in [-0.39, 0.29) is 5.69 Å². The topological polar surface area (TPSA) is 46.9 Å². The van der Waals surface area contributed by atoms with Crippen molar-refractivity contribution in [2.45, 2.75) is 23.5 Å². The number of alkyl halides is 3. The molecule has 3 rings (SSSR count). The van der Waals surface area contributed by atoms with E-state index in [1.54, 1.807) is 19.3 Å². The molecule has 0 aliphatic carbocycles. The van der Waals surface area contributed by atoms with Crippen molar-refractivity contribution in [1.29, 1.82) is 0 Å². The molecular formula is C19H16F3N3OS. The first-order valence-corrected chi connectivity index (χ1v) is 8.97. The number of hydrogen-bond acceptors (Lipinski definition) is 3. The second-order valence-electron chi connectivity index (χ2n) is 5.71. The van der Waals surface area contributed by atoms with Crippen molar-refractivity contribution in [2.75, 3.05) is 5.32 Å². The predicted octanol–water partition coefficient (Wildman–Crippen LogP) is 5.01. The summed E-state index contributed by atoms with van der Waals surface area (Å²) in [6, 6.07) is 14.4. The average molecular weight is 391 g/mol. The maximum Gasteiger partial charge on any atom is 0.418 e. The Morgan fingerprint density at radius 1 is 1.11 bits per heavy atom. The number of imidazole rings is 1. The number of carbonyl (C=O) groups excluding carboxylic acids is 1. The lowest BCUT2D eigenvalue weighted by atomic mass is 10.1. The van der Waals surface area contributed by atoms with Gasteiger partial charge >= 0.3 is 6.18 Å². The van der Waals surface area contributed by atoms with Gasteiger partial charge in [0.1, 0.15) is 0 Å². The minimum absolute atomic E-state index is 0.256. The molecule has 140 valence electrons. The van der Waals surface area contributed by atoms with E-state index in [1.807, 2.05) is 34.9 Å². The number of rotatable bonds is 5. The zero-order valence-corrected chi connectivity index (χ0v) is 15.1. The molecule has 3 aromatic rings. The van der Waals surface area contributed by atoms with Crippen LogP contribution in [0.3, 0.4) is 0 Å². The highest BCUT2D eigenvalue weighted by Crippen LogP contribution is 2.35. The van der Waals surface area contributed by atoms with E-state index in [9.17, 15) is 18.0 Å². The fraction of sp³-hybridized carbons (Fsp3) is 0.158. The molecule has 1 aromatic heterocycles. The van der Waals surface area contributed by atoms with Gasteiger partial charge in [0.25, 0.3) is 0 Å². The number of nitrogens with one attached hydrogen (secondary N) is 1. The Hall–Kier alpha value is -2.74. The lowest BCUT2D eigenvalue weighted by Crippen LogP contribution is -2.24. The molecule has 27 heavy (non-hydrogen) atoms. The number of para-hydroxylation sites is 2. The first-order chi connectivity index (χ1) is 12.9. The molecule has 0 spiro atoms. The molecule has 0 bridgehead atoms. The summed E-state index contributed by atoms with van der Waals surface area (Å²) < 4.78 is 41.0. The number of nitrogens with zero attached hydrogens (tertiary/aromatic N) is 2. The van der Waals surface area contributed by atoms with Crippen LogP contribution in [-0.4, -0.2) is 20.7 Å². The van der Waals surface area contributed by atoms with Crippen LogP contribution in [0.15, 0.2) is 72.1 Å². The number of anilines is 1. The first kappa shape index (κ1) is 19.0. The summed E-state index contributed by atoms with van der Waals surface area (Å²) in [5.74, 6) is -0.528. The summed E-state index contributed by atoms with van der Waals surface area (Å²) in [6.45, 7) is 1.63. The van der Waals surface area contributed by atoms with Crippen LogP contribution in [0, 0.1) is 0 Å². The Balaban J connectivity index is 1.75. The lowest BCUT2D eigenvalue weighted by Gasteiger charge is -2.16. The zero-order chi connectivity index (χ0) is 19.4. The largest absolute Gasteiger partial charge is 0.418 e. The van der Waals surface area contributed by atoms with Crippen molar-refractivity contribution in [3.05, 3.63) is 72.6 Å². The van der Waals surface area contributed by atoms with E-state index in [1.165, 1.54) is 30.0 Å². The molecule has 0 aliphatic heterocycles. The Kier molecular flexibility index (Phi) is 5.55. The normalized spacial score (nSPS) is 12.6. The van der Waals surface area contributed by atoms with Gasteiger partial charge in [-0.25, -0.2) is 4.98 Å². The second-order valence-corrected chi connectivity index (χ2v) is 7.02. The van der Waals surface area contributed by atoms with Crippen molar-refractivity contribution < 1.29 is 18.0 Å². The summed E-state index contributed by atoms with van der Waals surface area (Å²) in [4.78, 5) is 16.7. The van der Waals surface area contributed by atoms with Gasteiger partial charge in [-0.2, -0.15) is 13.2 Å². The Bertz CT molecular complexity index is 925. The van der Waals surface area contributed by atoms with E-state index >= 15 is 0 Å². The standard InChI is InChI=1S/C19H16F3N3OS/c1-13(17(26)24-16-10-6-5-9-15(16)19(20,21)22)27-18-23-11-12-25(18)14-7-3-2-4-8-14/h2-13H,1H3,(H,24,26). The van der Waals surface area contributed by atoms with Crippen molar-refractivity contribution in [3.63, 3.8) is 0 Å². The van der Waals surface area contributed by atoms with Gasteiger partial charge in [-0.3, -0.25) is 9.36 Å². The highest BCUT2D eigenvalue weighted by Gasteiger charge is 2.34. The van der Waals surface area contributed by atoms with Gasteiger partial charge in [0.05, 0.1) is 16.5 Å². The van der Waals surface area contributed by atoms with Gasteiger partial charge in [-0.15, -0.1) is 0 Å². The van der Waals surface area contributed by atoms with Crippen LogP contribution in [-0.2, 0) is 11.0 Å². The van der Waals surface area contributed by atoms with E-state index in [0.717, 1.165) is 11.8 Å². The van der Waals surface area contributed by atoms with Gasteiger partial charge in [-0.05, 0) is 31.2 Å². The Labute approximate surface area is 158 Å². The molecule has 1 atom stereocenters. The third kappa shape index (κ3) is 4.51. The molecule has 0 aliphatic rings. The average Bonchev–Trinajstić information content (AvgIpc) is 3.10. The van der Waals surface area contributed by atoms with Crippen LogP contribution in [0.1, 0.15) is 12.5 Å². The minimum atomic E-state index is -4.54. The van der Waals surface area contributed by atoms with Crippen molar-refractivity contribution in [3.8, 4) is 5.69 Å². The van der Waals surface area contributed by atoms with E-state index in [0.29, 0.717) is 5.16 Å². The van der Waals surface area contributed by atoms with Crippen LogP contribution in [0.4, 0.5) is 18.9 Å². The van der Waals surface area contributed by atoms with Crippen LogP contribution in [0.25, 0.3) is 5.69 Å². The number of aromatic nitrogens is 2. The predicted molar refractivity (Wildman–Crippen MR) is 99.0 cm³/mol. The first-order valence-electron chi connectivity index (χ1n) is 8.09. The maximum absolute atomic E-state index is 13.1. The summed E-state index contributed by atoms with van der Waals surface area (Å²) in [5, 5.41) is 2.31. The van der Waals surface area contributed by atoms with Crippen molar-refractivity contribution >= 4 is 23.4 Å². The van der Waals surface area contributed by atoms with Crippen molar-refractivity contribution in [1.82, 2.24) is 9.55 Å². The molecule has 1 unspecified atom stereocenters. The lowest BCUT2D eigenvalue weighted by molar-refractivity contribution is -0.137. The summed E-state index contributed by atoms with van der Waals surface area (Å²) >= 11 is 1.17. The van der Waals surface area contributed by atoms with Crippen LogP contribution < -0.4 is 5.32 Å². The van der Waals surface area contributed by atoms with Crippen LogP contribution in [0.5, 0.6) is 0 Å². The van der Waals surface area contributed by atoms with E-state index < -0.39 is 22.9 Å². The molecular weight excluding hydrogens is 375 g/mol. The highest BCUT2D eigenvalue weighted by molar-refractivity contribution is 8.00. The smallest absolute Gasteiger partial charge is 0.325 e. The van der Waals surface area contributed by atoms with Gasteiger partial charge in [0, 0.05) is 18.1 Å². The number of benzene rings is 2. The molecule has 0 saturated carbocycles. The molecule has 4 nitrogen and oxygen atoms in total. The molecule has 1 N–H and O–H groups in total. The Morgan fingerprint density at radius 2 is 1.78 bits per heavy atom. The second kappa shape index (κ2) is 7.87. The molecule has 1 heterocycles. The van der Waals surface area contributed by atoms with Crippen LogP contribution >= 0.6 is 11.8 Å². The molecule has 2 aromatic carbocycles. The number of carbonyl (C=O) groups is 1. The minimum Gasteiger partial charge on any atom is -0.325 e. The highest BCUT2D eigenvalue weighted by atomic mass is 32.2. The van der Waals surface area contributed by atoms with Crippen LogP contribution in [0.2, 0.25) is 0 Å². The number of hydrogen-bond donors (Lipinski definition) is 1. The molecule has 8 heteroatoms. The van der Waals surface area contributed by atoms with Gasteiger partial charge in [0.15, 0.2) is 5.16 Å². The number of amides is 1. The molecule has 0 radical (unpaired) electrons. The molecule has 0 saturated heterocycles. The number of thioether (sulfide) groups is 1. The summed E-state index contributed by atoms with van der Waals surface area (Å²) in [5.41, 5.74) is -0.247. The van der Waals surface area contributed by atoms with Gasteiger partial charge < -0.3 is 5.32 Å². The van der Waals surface area contributed by atoms with E-state index in [2.05, 4.69) is 10.3 Å².